The van der Waals surface area contributed by atoms with E-state index in [1.54, 1.807) is 35.6 Å². The van der Waals surface area contributed by atoms with Crippen molar-refractivity contribution in [3.63, 3.8) is 0 Å². The minimum atomic E-state index is -0.274. The molecule has 0 saturated carbocycles. The van der Waals surface area contributed by atoms with Gasteiger partial charge in [0.1, 0.15) is 17.2 Å². The Balaban J connectivity index is 1.43. The van der Waals surface area contributed by atoms with Gasteiger partial charge in [0.05, 0.1) is 17.0 Å². The summed E-state index contributed by atoms with van der Waals surface area (Å²) in [4.78, 5) is 25.8. The van der Waals surface area contributed by atoms with E-state index >= 15 is 0 Å². The van der Waals surface area contributed by atoms with E-state index in [1.165, 1.54) is 10.7 Å². The molecule has 1 amide bonds. The Morgan fingerprint density at radius 2 is 1.77 bits per heavy atom. The number of hydrogen-bond acceptors (Lipinski definition) is 5. The molecule has 0 spiro atoms. The highest BCUT2D eigenvalue weighted by Crippen LogP contribution is 2.25. The van der Waals surface area contributed by atoms with Crippen LogP contribution in [0.1, 0.15) is 10.4 Å². The standard InChI is InChI=1S/C23H19N3O3S/c27-22-13-12-19(21-11-6-16-30-21)25-26(22)15-14-24-23(28)18-9-4-5-10-20(18)29-17-7-2-1-3-8-17/h1-13,16H,14-15H2,(H,24,28). The van der Waals surface area contributed by atoms with Gasteiger partial charge in [-0.1, -0.05) is 36.4 Å². The Hall–Kier alpha value is -3.71. The molecule has 2 aromatic carbocycles. The van der Waals surface area contributed by atoms with Crippen molar-refractivity contribution in [1.82, 2.24) is 15.1 Å². The van der Waals surface area contributed by atoms with E-state index in [9.17, 15) is 9.59 Å². The molecule has 0 aliphatic rings. The molecule has 0 atom stereocenters. The van der Waals surface area contributed by atoms with Crippen LogP contribution in [0.2, 0.25) is 0 Å². The quantitative estimate of drug-likeness (QED) is 0.489. The van der Waals surface area contributed by atoms with Gasteiger partial charge in [-0.2, -0.15) is 5.10 Å². The molecule has 0 aliphatic heterocycles. The number of nitrogens with one attached hydrogen (secondary N) is 1. The predicted molar refractivity (Wildman–Crippen MR) is 117 cm³/mol. The first kappa shape index (κ1) is 19.6. The zero-order chi connectivity index (χ0) is 20.8. The second-order valence-electron chi connectivity index (χ2n) is 6.42. The molecule has 0 aliphatic carbocycles. The second kappa shape index (κ2) is 9.19. The SMILES string of the molecule is O=C(NCCn1nc(-c2cccs2)ccc1=O)c1ccccc1Oc1ccccc1. The molecule has 7 heteroatoms. The molecule has 0 unspecified atom stereocenters. The van der Waals surface area contributed by atoms with Crippen LogP contribution in [0.25, 0.3) is 10.6 Å². The first-order valence-corrected chi connectivity index (χ1v) is 10.3. The Labute approximate surface area is 177 Å². The van der Waals surface area contributed by atoms with Crippen molar-refractivity contribution in [2.45, 2.75) is 6.54 Å². The van der Waals surface area contributed by atoms with E-state index in [2.05, 4.69) is 10.4 Å². The molecule has 0 bridgehead atoms. The summed E-state index contributed by atoms with van der Waals surface area (Å²) in [5, 5.41) is 9.20. The molecule has 2 heterocycles. The van der Waals surface area contributed by atoms with E-state index in [0.717, 1.165) is 10.6 Å². The number of ether oxygens (including phenoxy) is 1. The first-order valence-electron chi connectivity index (χ1n) is 9.43. The smallest absolute Gasteiger partial charge is 0.266 e. The molecule has 4 rings (SSSR count). The third kappa shape index (κ3) is 4.64. The number of hydrogen-bond donors (Lipinski definition) is 1. The maximum absolute atomic E-state index is 12.7. The number of rotatable bonds is 7. The minimum absolute atomic E-state index is 0.211. The average Bonchev–Trinajstić information content (AvgIpc) is 3.31. The topological polar surface area (TPSA) is 73.2 Å². The lowest BCUT2D eigenvalue weighted by Crippen LogP contribution is -2.32. The van der Waals surface area contributed by atoms with Gasteiger partial charge in [-0.15, -0.1) is 11.3 Å². The zero-order valence-electron chi connectivity index (χ0n) is 16.0. The number of para-hydroxylation sites is 2. The third-order valence-electron chi connectivity index (χ3n) is 4.35. The van der Waals surface area contributed by atoms with Gasteiger partial charge >= 0.3 is 0 Å². The van der Waals surface area contributed by atoms with E-state index < -0.39 is 0 Å². The molecule has 4 aromatic rings. The molecular weight excluding hydrogens is 398 g/mol. The van der Waals surface area contributed by atoms with Crippen molar-refractivity contribution in [1.29, 1.82) is 0 Å². The fraction of sp³-hybridized carbons (Fsp3) is 0.0870. The molecular formula is C23H19N3O3S. The normalized spacial score (nSPS) is 10.5. The Bertz CT molecular complexity index is 1190. The van der Waals surface area contributed by atoms with Crippen LogP contribution in [-0.4, -0.2) is 22.2 Å². The number of nitrogens with zero attached hydrogens (tertiary/aromatic N) is 2. The number of carbonyl (C=O) groups is 1. The summed E-state index contributed by atoms with van der Waals surface area (Å²) in [5.41, 5.74) is 0.948. The van der Waals surface area contributed by atoms with Gasteiger partial charge in [0.25, 0.3) is 11.5 Å². The Morgan fingerprint density at radius 3 is 2.57 bits per heavy atom. The van der Waals surface area contributed by atoms with Crippen molar-refractivity contribution >= 4 is 17.2 Å². The van der Waals surface area contributed by atoms with Crippen LogP contribution < -0.4 is 15.6 Å². The lowest BCUT2D eigenvalue weighted by molar-refractivity contribution is 0.0949. The first-order chi connectivity index (χ1) is 14.7. The molecule has 0 fully saturated rings. The minimum Gasteiger partial charge on any atom is -0.457 e. The summed E-state index contributed by atoms with van der Waals surface area (Å²) < 4.78 is 7.21. The fourth-order valence-corrected chi connectivity index (χ4v) is 3.58. The van der Waals surface area contributed by atoms with Gasteiger partial charge in [-0.3, -0.25) is 9.59 Å². The predicted octanol–water partition coefficient (Wildman–Crippen LogP) is 4.19. The zero-order valence-corrected chi connectivity index (χ0v) is 16.8. The summed E-state index contributed by atoms with van der Waals surface area (Å²) in [6.07, 6.45) is 0. The fourth-order valence-electron chi connectivity index (χ4n) is 2.89. The van der Waals surface area contributed by atoms with Crippen LogP contribution in [-0.2, 0) is 6.54 Å². The van der Waals surface area contributed by atoms with E-state index in [1.807, 2.05) is 53.9 Å². The molecule has 150 valence electrons. The summed E-state index contributed by atoms with van der Waals surface area (Å²) in [6.45, 7) is 0.533. The average molecular weight is 417 g/mol. The van der Waals surface area contributed by atoms with Crippen LogP contribution in [0.15, 0.2) is 89.0 Å². The van der Waals surface area contributed by atoms with Crippen LogP contribution >= 0.6 is 11.3 Å². The van der Waals surface area contributed by atoms with Crippen LogP contribution in [0, 0.1) is 0 Å². The number of thiophene rings is 1. The highest BCUT2D eigenvalue weighted by atomic mass is 32.1. The highest BCUT2D eigenvalue weighted by molar-refractivity contribution is 7.13. The molecule has 30 heavy (non-hydrogen) atoms. The lowest BCUT2D eigenvalue weighted by atomic mass is 10.2. The van der Waals surface area contributed by atoms with Gasteiger partial charge < -0.3 is 10.1 Å². The van der Waals surface area contributed by atoms with E-state index in [-0.39, 0.29) is 24.6 Å². The molecule has 0 saturated heterocycles. The summed E-state index contributed by atoms with van der Waals surface area (Å²) in [7, 11) is 0. The summed E-state index contributed by atoms with van der Waals surface area (Å²) in [5.74, 6) is 0.846. The Morgan fingerprint density at radius 1 is 0.967 bits per heavy atom. The van der Waals surface area contributed by atoms with Crippen molar-refractivity contribution in [3.8, 4) is 22.1 Å². The number of benzene rings is 2. The van der Waals surface area contributed by atoms with Crippen molar-refractivity contribution < 1.29 is 9.53 Å². The molecule has 1 N–H and O–H groups in total. The summed E-state index contributed by atoms with van der Waals surface area (Å²) >= 11 is 1.56. The third-order valence-corrected chi connectivity index (χ3v) is 5.24. The number of aromatic nitrogens is 2. The van der Waals surface area contributed by atoms with Gasteiger partial charge in [0, 0.05) is 12.6 Å². The maximum Gasteiger partial charge on any atom is 0.266 e. The number of carbonyl (C=O) groups excluding carboxylic acids is 1. The van der Waals surface area contributed by atoms with Crippen molar-refractivity contribution in [2.75, 3.05) is 6.54 Å². The van der Waals surface area contributed by atoms with Gasteiger partial charge in [0.15, 0.2) is 0 Å². The molecule has 2 aromatic heterocycles. The van der Waals surface area contributed by atoms with Crippen molar-refractivity contribution in [2.24, 2.45) is 0 Å². The van der Waals surface area contributed by atoms with Crippen molar-refractivity contribution in [3.05, 3.63) is 100 Å². The van der Waals surface area contributed by atoms with Crippen LogP contribution in [0.4, 0.5) is 0 Å². The van der Waals surface area contributed by atoms with Crippen LogP contribution in [0.5, 0.6) is 11.5 Å². The maximum atomic E-state index is 12.7. The van der Waals surface area contributed by atoms with E-state index in [4.69, 9.17) is 4.74 Å². The monoisotopic (exact) mass is 417 g/mol. The second-order valence-corrected chi connectivity index (χ2v) is 7.37. The van der Waals surface area contributed by atoms with Gasteiger partial charge in [0.2, 0.25) is 0 Å². The van der Waals surface area contributed by atoms with Gasteiger partial charge in [-0.05, 0) is 41.8 Å². The largest absolute Gasteiger partial charge is 0.457 e. The molecule has 0 radical (unpaired) electrons. The Kier molecular flexibility index (Phi) is 6.01. The molecule has 6 nitrogen and oxygen atoms in total. The highest BCUT2D eigenvalue weighted by Gasteiger charge is 2.13. The summed E-state index contributed by atoms with van der Waals surface area (Å²) in [6, 6.07) is 23.4. The van der Waals surface area contributed by atoms with Gasteiger partial charge in [-0.25, -0.2) is 4.68 Å². The van der Waals surface area contributed by atoms with E-state index in [0.29, 0.717) is 17.1 Å². The van der Waals surface area contributed by atoms with Crippen LogP contribution in [0.3, 0.4) is 0 Å². The lowest BCUT2D eigenvalue weighted by Gasteiger charge is -2.12. The number of amides is 1.